The first-order valence-electron chi connectivity index (χ1n) is 8.34. The van der Waals surface area contributed by atoms with E-state index in [4.69, 9.17) is 0 Å². The van der Waals surface area contributed by atoms with Crippen LogP contribution in [0.25, 0.3) is 0 Å². The summed E-state index contributed by atoms with van der Waals surface area (Å²) in [5, 5.41) is 7.23. The van der Waals surface area contributed by atoms with Crippen LogP contribution in [0.1, 0.15) is 51.0 Å². The van der Waals surface area contributed by atoms with Crippen LogP contribution in [0.2, 0.25) is 0 Å². The second-order valence-corrected chi connectivity index (χ2v) is 8.13. The van der Waals surface area contributed by atoms with E-state index in [1.54, 1.807) is 0 Å². The second-order valence-electron chi connectivity index (χ2n) is 7.15. The van der Waals surface area contributed by atoms with Crippen molar-refractivity contribution in [3.63, 3.8) is 0 Å². The molecular formula is C17H28N2S. The molecule has 3 atom stereocenters. The van der Waals surface area contributed by atoms with Gasteiger partial charge >= 0.3 is 0 Å². The number of thiazole rings is 1. The number of nitrogens with zero attached hydrogens (tertiary/aromatic N) is 1. The van der Waals surface area contributed by atoms with Crippen molar-refractivity contribution in [1.82, 2.24) is 10.3 Å². The molecule has 20 heavy (non-hydrogen) atoms. The Morgan fingerprint density at radius 1 is 1.25 bits per heavy atom. The Labute approximate surface area is 127 Å². The lowest BCUT2D eigenvalue weighted by atomic mass is 9.69. The van der Waals surface area contributed by atoms with Crippen molar-refractivity contribution >= 4 is 11.3 Å². The molecule has 0 radical (unpaired) electrons. The predicted octanol–water partition coefficient (Wildman–Crippen LogP) is 4.13. The maximum Gasteiger partial charge on any atom is 0.0927 e. The average Bonchev–Trinajstić information content (AvgIpc) is 3.13. The first kappa shape index (κ1) is 14.5. The molecule has 2 saturated carbocycles. The Morgan fingerprint density at radius 2 is 2.10 bits per heavy atom. The molecule has 1 N–H and O–H groups in total. The van der Waals surface area contributed by atoms with Gasteiger partial charge in [0.15, 0.2) is 0 Å². The Kier molecular flexibility index (Phi) is 4.77. The van der Waals surface area contributed by atoms with Crippen LogP contribution in [0.5, 0.6) is 0 Å². The minimum Gasteiger partial charge on any atom is -0.314 e. The van der Waals surface area contributed by atoms with Gasteiger partial charge in [-0.25, -0.2) is 4.98 Å². The van der Waals surface area contributed by atoms with Crippen LogP contribution in [0.3, 0.4) is 0 Å². The van der Waals surface area contributed by atoms with Crippen molar-refractivity contribution in [3.05, 3.63) is 16.6 Å². The third kappa shape index (κ3) is 3.82. The molecular weight excluding hydrogens is 264 g/mol. The summed E-state index contributed by atoms with van der Waals surface area (Å²) in [6.45, 7) is 6.04. The Morgan fingerprint density at radius 3 is 2.75 bits per heavy atom. The fourth-order valence-electron chi connectivity index (χ4n) is 3.67. The van der Waals surface area contributed by atoms with E-state index in [2.05, 4.69) is 29.5 Å². The van der Waals surface area contributed by atoms with Gasteiger partial charge in [0.25, 0.3) is 0 Å². The van der Waals surface area contributed by atoms with Gasteiger partial charge in [-0.05, 0) is 62.3 Å². The van der Waals surface area contributed by atoms with Gasteiger partial charge in [-0.2, -0.15) is 0 Å². The van der Waals surface area contributed by atoms with E-state index in [0.717, 1.165) is 29.7 Å². The lowest BCUT2D eigenvalue weighted by molar-refractivity contribution is 0.144. The SMILES string of the molecule is CC(C)C1CCC(CNC2CC2)C(Cc2nccs2)C1. The summed E-state index contributed by atoms with van der Waals surface area (Å²) in [6.07, 6.45) is 10.2. The second kappa shape index (κ2) is 6.57. The summed E-state index contributed by atoms with van der Waals surface area (Å²) in [6, 6.07) is 0.846. The van der Waals surface area contributed by atoms with Crippen molar-refractivity contribution in [2.75, 3.05) is 6.54 Å². The Bertz CT molecular complexity index is 397. The number of nitrogens with one attached hydrogen (secondary N) is 1. The summed E-state index contributed by atoms with van der Waals surface area (Å²) < 4.78 is 0. The molecule has 112 valence electrons. The maximum absolute atomic E-state index is 4.52. The lowest BCUT2D eigenvalue weighted by Gasteiger charge is -2.38. The summed E-state index contributed by atoms with van der Waals surface area (Å²) in [5.74, 6) is 3.48. The molecule has 3 unspecified atom stereocenters. The standard InChI is InChI=1S/C17H28N2S/c1-12(2)13-3-4-14(11-19-16-5-6-16)15(9-13)10-17-18-7-8-20-17/h7-8,12-16,19H,3-6,9-11H2,1-2H3. The van der Waals surface area contributed by atoms with Crippen molar-refractivity contribution in [2.24, 2.45) is 23.7 Å². The van der Waals surface area contributed by atoms with Gasteiger partial charge in [-0.3, -0.25) is 0 Å². The molecule has 2 fully saturated rings. The van der Waals surface area contributed by atoms with Crippen LogP contribution in [0, 0.1) is 23.7 Å². The molecule has 2 aliphatic rings. The highest BCUT2D eigenvalue weighted by atomic mass is 32.1. The van der Waals surface area contributed by atoms with Crippen LogP contribution in [0.15, 0.2) is 11.6 Å². The van der Waals surface area contributed by atoms with Crippen LogP contribution in [-0.4, -0.2) is 17.6 Å². The average molecular weight is 292 g/mol. The van der Waals surface area contributed by atoms with Gasteiger partial charge < -0.3 is 5.32 Å². The van der Waals surface area contributed by atoms with Gasteiger partial charge in [0.05, 0.1) is 5.01 Å². The van der Waals surface area contributed by atoms with Gasteiger partial charge in [0, 0.05) is 24.0 Å². The lowest BCUT2D eigenvalue weighted by Crippen LogP contribution is -2.36. The molecule has 0 bridgehead atoms. The predicted molar refractivity (Wildman–Crippen MR) is 86.0 cm³/mol. The van der Waals surface area contributed by atoms with Crippen molar-refractivity contribution in [1.29, 1.82) is 0 Å². The summed E-state index contributed by atoms with van der Waals surface area (Å²) in [7, 11) is 0. The third-order valence-corrected chi connectivity index (χ3v) is 6.09. The highest BCUT2D eigenvalue weighted by Gasteiger charge is 2.33. The molecule has 0 saturated heterocycles. The van der Waals surface area contributed by atoms with E-state index < -0.39 is 0 Å². The van der Waals surface area contributed by atoms with E-state index in [9.17, 15) is 0 Å². The number of hydrogen-bond donors (Lipinski definition) is 1. The van der Waals surface area contributed by atoms with Crippen LogP contribution in [0.4, 0.5) is 0 Å². The molecule has 0 aromatic carbocycles. The van der Waals surface area contributed by atoms with E-state index >= 15 is 0 Å². The highest BCUT2D eigenvalue weighted by molar-refractivity contribution is 7.09. The van der Waals surface area contributed by atoms with Crippen LogP contribution >= 0.6 is 11.3 Å². The molecule has 1 aromatic rings. The fourth-order valence-corrected chi connectivity index (χ4v) is 4.38. The van der Waals surface area contributed by atoms with Gasteiger partial charge in [0.1, 0.15) is 0 Å². The van der Waals surface area contributed by atoms with Crippen LogP contribution < -0.4 is 5.32 Å². The minimum atomic E-state index is 0.839. The molecule has 2 aliphatic carbocycles. The quantitative estimate of drug-likeness (QED) is 0.853. The molecule has 3 heteroatoms. The zero-order valence-electron chi connectivity index (χ0n) is 12.8. The van der Waals surface area contributed by atoms with E-state index in [-0.39, 0.29) is 0 Å². The molecule has 1 aromatic heterocycles. The highest BCUT2D eigenvalue weighted by Crippen LogP contribution is 2.39. The maximum atomic E-state index is 4.52. The van der Waals surface area contributed by atoms with Crippen molar-refractivity contribution in [3.8, 4) is 0 Å². The van der Waals surface area contributed by atoms with Crippen molar-refractivity contribution in [2.45, 2.75) is 58.4 Å². The summed E-state index contributed by atoms with van der Waals surface area (Å²) in [5.41, 5.74) is 0. The van der Waals surface area contributed by atoms with Gasteiger partial charge in [0.2, 0.25) is 0 Å². The van der Waals surface area contributed by atoms with Crippen molar-refractivity contribution < 1.29 is 0 Å². The third-order valence-electron chi connectivity index (χ3n) is 5.29. The van der Waals surface area contributed by atoms with E-state index in [1.165, 1.54) is 50.1 Å². The number of aromatic nitrogens is 1. The van der Waals surface area contributed by atoms with E-state index in [1.807, 2.05) is 17.5 Å². The van der Waals surface area contributed by atoms with Gasteiger partial charge in [-0.1, -0.05) is 13.8 Å². The minimum absolute atomic E-state index is 0.839. The summed E-state index contributed by atoms with van der Waals surface area (Å²) >= 11 is 1.83. The Balaban J connectivity index is 1.60. The van der Waals surface area contributed by atoms with Gasteiger partial charge in [-0.15, -0.1) is 11.3 Å². The molecule has 0 amide bonds. The zero-order chi connectivity index (χ0) is 13.9. The summed E-state index contributed by atoms with van der Waals surface area (Å²) in [4.78, 5) is 4.52. The fraction of sp³-hybridized carbons (Fsp3) is 0.824. The normalized spacial score (nSPS) is 30.9. The first-order chi connectivity index (χ1) is 9.72. The number of hydrogen-bond acceptors (Lipinski definition) is 3. The van der Waals surface area contributed by atoms with E-state index in [0.29, 0.717) is 0 Å². The topological polar surface area (TPSA) is 24.9 Å². The number of rotatable bonds is 6. The Hall–Kier alpha value is -0.410. The molecule has 0 spiro atoms. The largest absolute Gasteiger partial charge is 0.314 e. The molecule has 0 aliphatic heterocycles. The first-order valence-corrected chi connectivity index (χ1v) is 9.22. The molecule has 1 heterocycles. The van der Waals surface area contributed by atoms with Crippen LogP contribution in [-0.2, 0) is 6.42 Å². The smallest absolute Gasteiger partial charge is 0.0927 e. The molecule has 3 rings (SSSR count). The zero-order valence-corrected chi connectivity index (χ0v) is 13.7. The monoisotopic (exact) mass is 292 g/mol. The molecule has 2 nitrogen and oxygen atoms in total.